The Morgan fingerprint density at radius 3 is 2.58 bits per heavy atom. The second-order valence-electron chi connectivity index (χ2n) is 5.27. The number of rotatable bonds is 6. The first-order valence-electron chi connectivity index (χ1n) is 6.34. The van der Waals surface area contributed by atoms with Crippen LogP contribution in [0, 0.1) is 11.3 Å². The first-order valence-corrected chi connectivity index (χ1v) is 6.34. The molecule has 0 aromatic rings. The van der Waals surface area contributed by atoms with Crippen molar-refractivity contribution in [1.82, 2.24) is 0 Å². The van der Waals surface area contributed by atoms with E-state index >= 15 is 0 Å². The summed E-state index contributed by atoms with van der Waals surface area (Å²) in [5.41, 5.74) is -0.588. The van der Waals surface area contributed by atoms with Crippen LogP contribution in [0.2, 0.25) is 0 Å². The van der Waals surface area contributed by atoms with Crippen LogP contribution in [-0.2, 0) is 9.53 Å². The van der Waals surface area contributed by atoms with Crippen molar-refractivity contribution < 1.29 is 29.2 Å². The number of hydrogen-bond donors (Lipinski definition) is 3. The van der Waals surface area contributed by atoms with Gasteiger partial charge in [0.2, 0.25) is 0 Å². The van der Waals surface area contributed by atoms with Gasteiger partial charge in [-0.2, -0.15) is 0 Å². The number of hydrogen-bond acceptors (Lipinski definition) is 5. The normalized spacial score (nSPS) is 22.5. The number of ether oxygens (including phenoxy) is 1. The van der Waals surface area contributed by atoms with Gasteiger partial charge in [0.25, 0.3) is 0 Å². The molecule has 6 heteroatoms. The van der Waals surface area contributed by atoms with Gasteiger partial charge in [-0.25, -0.2) is 4.39 Å². The van der Waals surface area contributed by atoms with Crippen molar-refractivity contribution in [3.8, 4) is 0 Å². The van der Waals surface area contributed by atoms with Crippen LogP contribution in [0.15, 0.2) is 11.4 Å². The molecule has 1 saturated carbocycles. The van der Waals surface area contributed by atoms with Crippen molar-refractivity contribution >= 4 is 5.97 Å². The highest BCUT2D eigenvalue weighted by Gasteiger charge is 2.33. The van der Waals surface area contributed by atoms with Gasteiger partial charge >= 0.3 is 5.97 Å². The summed E-state index contributed by atoms with van der Waals surface area (Å²) in [5, 5.41) is 27.0. The zero-order chi connectivity index (χ0) is 14.5. The van der Waals surface area contributed by atoms with Crippen molar-refractivity contribution in [2.75, 3.05) is 26.4 Å². The molecule has 1 aliphatic rings. The number of halogens is 1. The van der Waals surface area contributed by atoms with Gasteiger partial charge in [-0.05, 0) is 24.8 Å². The number of esters is 1. The molecule has 0 amide bonds. The standard InChI is InChI=1S/C13H21FO5/c1-13(6-16,7-17)8-19-12(18)10-4-2-3-9(10)11(14)5-15/h10,15-17H,2-8H2,1H3. The quantitative estimate of drug-likeness (QED) is 0.616. The van der Waals surface area contributed by atoms with Crippen molar-refractivity contribution in [2.45, 2.75) is 26.2 Å². The monoisotopic (exact) mass is 276 g/mol. The highest BCUT2D eigenvalue weighted by Crippen LogP contribution is 2.35. The highest BCUT2D eigenvalue weighted by molar-refractivity contribution is 5.76. The number of aliphatic hydroxyl groups excluding tert-OH is 3. The summed E-state index contributed by atoms with van der Waals surface area (Å²) in [7, 11) is 0. The summed E-state index contributed by atoms with van der Waals surface area (Å²) in [6, 6.07) is 0. The molecule has 1 atom stereocenters. The Labute approximate surface area is 111 Å². The van der Waals surface area contributed by atoms with Crippen molar-refractivity contribution in [1.29, 1.82) is 0 Å². The van der Waals surface area contributed by atoms with Gasteiger partial charge in [-0.1, -0.05) is 6.92 Å². The van der Waals surface area contributed by atoms with Gasteiger partial charge < -0.3 is 20.1 Å². The minimum atomic E-state index is -0.895. The molecule has 0 radical (unpaired) electrons. The fraction of sp³-hybridized carbons (Fsp3) is 0.769. The van der Waals surface area contributed by atoms with Gasteiger partial charge in [-0.3, -0.25) is 4.79 Å². The van der Waals surface area contributed by atoms with E-state index in [4.69, 9.17) is 20.1 Å². The second-order valence-corrected chi connectivity index (χ2v) is 5.27. The van der Waals surface area contributed by atoms with E-state index in [9.17, 15) is 9.18 Å². The van der Waals surface area contributed by atoms with Crippen LogP contribution >= 0.6 is 0 Å². The van der Waals surface area contributed by atoms with E-state index in [1.54, 1.807) is 6.92 Å². The Balaban J connectivity index is 2.64. The molecule has 0 spiro atoms. The molecule has 5 nitrogen and oxygen atoms in total. The lowest BCUT2D eigenvalue weighted by molar-refractivity contribution is -0.152. The van der Waals surface area contributed by atoms with Crippen LogP contribution < -0.4 is 0 Å². The lowest BCUT2D eigenvalue weighted by Crippen LogP contribution is -2.34. The lowest BCUT2D eigenvalue weighted by atomic mass is 9.94. The Morgan fingerprint density at radius 2 is 2.05 bits per heavy atom. The smallest absolute Gasteiger partial charge is 0.313 e. The molecular weight excluding hydrogens is 255 g/mol. The summed E-state index contributed by atoms with van der Waals surface area (Å²) in [5.74, 6) is -1.88. The zero-order valence-electron chi connectivity index (χ0n) is 11.1. The van der Waals surface area contributed by atoms with E-state index in [2.05, 4.69) is 0 Å². The molecule has 0 aromatic carbocycles. The van der Waals surface area contributed by atoms with Crippen molar-refractivity contribution in [2.24, 2.45) is 11.3 Å². The fourth-order valence-electron chi connectivity index (χ4n) is 2.02. The number of aliphatic hydroxyl groups is 3. The molecule has 3 N–H and O–H groups in total. The summed E-state index contributed by atoms with van der Waals surface area (Å²) >= 11 is 0. The Bertz CT molecular complexity index is 349. The molecule has 0 aromatic heterocycles. The molecule has 0 saturated heterocycles. The topological polar surface area (TPSA) is 87.0 Å². The molecule has 0 aliphatic heterocycles. The largest absolute Gasteiger partial charge is 0.464 e. The van der Waals surface area contributed by atoms with Crippen LogP contribution in [0.1, 0.15) is 26.2 Å². The molecule has 1 aliphatic carbocycles. The predicted octanol–water partition coefficient (Wildman–Crippen LogP) is 0.536. The average molecular weight is 276 g/mol. The zero-order valence-corrected chi connectivity index (χ0v) is 11.1. The first-order chi connectivity index (χ1) is 8.97. The van der Waals surface area contributed by atoms with Gasteiger partial charge in [0, 0.05) is 5.41 Å². The minimum absolute atomic E-state index is 0.122. The van der Waals surface area contributed by atoms with Crippen LogP contribution in [0.4, 0.5) is 4.39 Å². The van der Waals surface area contributed by atoms with Gasteiger partial charge in [0.1, 0.15) is 12.4 Å². The fourth-order valence-corrected chi connectivity index (χ4v) is 2.02. The van der Waals surface area contributed by atoms with E-state index < -0.39 is 29.7 Å². The Morgan fingerprint density at radius 1 is 1.42 bits per heavy atom. The van der Waals surface area contributed by atoms with Crippen LogP contribution in [0.5, 0.6) is 0 Å². The van der Waals surface area contributed by atoms with Crippen molar-refractivity contribution in [3.05, 3.63) is 11.4 Å². The summed E-state index contributed by atoms with van der Waals surface area (Å²) in [4.78, 5) is 11.9. The third kappa shape index (κ3) is 3.99. The third-order valence-corrected chi connectivity index (χ3v) is 3.46. The molecule has 1 rings (SSSR count). The first kappa shape index (κ1) is 16.1. The minimum Gasteiger partial charge on any atom is -0.464 e. The summed E-state index contributed by atoms with van der Waals surface area (Å²) < 4.78 is 18.5. The SMILES string of the molecule is CC(CO)(CO)COC(=O)C1CCCC1=C(F)CO. The molecule has 0 heterocycles. The molecule has 19 heavy (non-hydrogen) atoms. The maximum absolute atomic E-state index is 13.4. The maximum atomic E-state index is 13.4. The molecule has 1 unspecified atom stereocenters. The number of carbonyl (C=O) groups excluding carboxylic acids is 1. The van der Waals surface area contributed by atoms with Crippen LogP contribution in [-0.4, -0.2) is 47.7 Å². The summed E-state index contributed by atoms with van der Waals surface area (Å²) in [6.45, 7) is 0.137. The predicted molar refractivity (Wildman–Crippen MR) is 65.8 cm³/mol. The Kier molecular flexibility index (Phi) is 5.90. The van der Waals surface area contributed by atoms with Crippen LogP contribution in [0.3, 0.4) is 0 Å². The van der Waals surface area contributed by atoms with Crippen molar-refractivity contribution in [3.63, 3.8) is 0 Å². The van der Waals surface area contributed by atoms with E-state index in [1.165, 1.54) is 0 Å². The van der Waals surface area contributed by atoms with Gasteiger partial charge in [0.05, 0.1) is 25.7 Å². The van der Waals surface area contributed by atoms with E-state index in [1.807, 2.05) is 0 Å². The number of carbonyl (C=O) groups is 1. The van der Waals surface area contributed by atoms with E-state index in [0.29, 0.717) is 24.8 Å². The molecule has 110 valence electrons. The van der Waals surface area contributed by atoms with E-state index in [0.717, 1.165) is 0 Å². The molecule has 0 bridgehead atoms. The molecule has 1 fully saturated rings. The Hall–Kier alpha value is -0.980. The van der Waals surface area contributed by atoms with Crippen LogP contribution in [0.25, 0.3) is 0 Å². The third-order valence-electron chi connectivity index (χ3n) is 3.46. The van der Waals surface area contributed by atoms with Gasteiger partial charge in [0.15, 0.2) is 0 Å². The maximum Gasteiger partial charge on any atom is 0.313 e. The molecular formula is C13H21FO5. The van der Waals surface area contributed by atoms with Gasteiger partial charge in [-0.15, -0.1) is 0 Å². The van der Waals surface area contributed by atoms with E-state index in [-0.39, 0.29) is 19.8 Å². The average Bonchev–Trinajstić information content (AvgIpc) is 2.92. The second kappa shape index (κ2) is 6.98. The lowest BCUT2D eigenvalue weighted by Gasteiger charge is -2.24. The highest BCUT2D eigenvalue weighted by atomic mass is 19.1. The summed E-state index contributed by atoms with van der Waals surface area (Å²) in [6.07, 6.45) is 1.62.